The average molecular weight is 206 g/mol. The smallest absolute Gasteiger partial charge is 0.0397 e. The molecule has 0 fully saturated rings. The zero-order valence-corrected chi connectivity index (χ0v) is 10.2. The molecule has 0 radical (unpaired) electrons. The quantitative estimate of drug-likeness (QED) is 0.820. The van der Waals surface area contributed by atoms with Crippen molar-refractivity contribution in [1.82, 2.24) is 0 Å². The number of nitrogens with two attached hydrogens (primary N) is 1. The third-order valence-electron chi connectivity index (χ3n) is 3.14. The molecule has 0 heterocycles. The van der Waals surface area contributed by atoms with Crippen molar-refractivity contribution < 1.29 is 0 Å². The first-order valence-electron chi connectivity index (χ1n) is 5.48. The maximum absolute atomic E-state index is 5.64. The Morgan fingerprint density at radius 2 is 1.87 bits per heavy atom. The number of aryl methyl sites for hydroxylation is 1. The molecule has 0 atom stereocenters. The molecule has 0 aliphatic heterocycles. The Bertz CT molecular complexity index is 318. The van der Waals surface area contributed by atoms with Gasteiger partial charge in [0.25, 0.3) is 0 Å². The summed E-state index contributed by atoms with van der Waals surface area (Å²) in [6.07, 6.45) is 0.998. The number of para-hydroxylation sites is 1. The summed E-state index contributed by atoms with van der Waals surface area (Å²) in [5, 5.41) is 0. The van der Waals surface area contributed by atoms with E-state index in [0.717, 1.165) is 13.0 Å². The number of hydrogen-bond donors (Lipinski definition) is 1. The fourth-order valence-corrected chi connectivity index (χ4v) is 1.79. The molecule has 0 aliphatic carbocycles. The summed E-state index contributed by atoms with van der Waals surface area (Å²) < 4.78 is 0. The molecule has 0 aromatic heterocycles. The van der Waals surface area contributed by atoms with Crippen LogP contribution in [0.2, 0.25) is 0 Å². The maximum atomic E-state index is 5.64. The Morgan fingerprint density at radius 3 is 2.40 bits per heavy atom. The highest BCUT2D eigenvalue weighted by Gasteiger charge is 2.23. The second-order valence-corrected chi connectivity index (χ2v) is 4.70. The Labute approximate surface area is 93.1 Å². The van der Waals surface area contributed by atoms with Crippen LogP contribution in [0.3, 0.4) is 0 Å². The van der Waals surface area contributed by atoms with Gasteiger partial charge in [-0.1, -0.05) is 18.2 Å². The largest absolute Gasteiger partial charge is 0.369 e. The van der Waals surface area contributed by atoms with Crippen LogP contribution in [0.4, 0.5) is 5.69 Å². The van der Waals surface area contributed by atoms with Crippen LogP contribution in [0.5, 0.6) is 0 Å². The van der Waals surface area contributed by atoms with Crippen molar-refractivity contribution in [3.05, 3.63) is 29.8 Å². The van der Waals surface area contributed by atoms with E-state index in [2.05, 4.69) is 57.0 Å². The molecule has 2 nitrogen and oxygen atoms in total. The minimum absolute atomic E-state index is 0.112. The number of hydrogen-bond acceptors (Lipinski definition) is 2. The third-order valence-corrected chi connectivity index (χ3v) is 3.14. The third kappa shape index (κ3) is 2.72. The van der Waals surface area contributed by atoms with Crippen LogP contribution < -0.4 is 10.6 Å². The monoisotopic (exact) mass is 206 g/mol. The Balaban J connectivity index is 2.93. The normalized spacial score (nSPS) is 11.5. The topological polar surface area (TPSA) is 29.3 Å². The second-order valence-electron chi connectivity index (χ2n) is 4.70. The van der Waals surface area contributed by atoms with E-state index in [9.17, 15) is 0 Å². The molecule has 1 rings (SSSR count). The van der Waals surface area contributed by atoms with E-state index < -0.39 is 0 Å². The van der Waals surface area contributed by atoms with Crippen molar-refractivity contribution in [2.45, 2.75) is 32.7 Å². The highest BCUT2D eigenvalue weighted by atomic mass is 15.2. The highest BCUT2D eigenvalue weighted by Crippen LogP contribution is 2.26. The molecule has 84 valence electrons. The van der Waals surface area contributed by atoms with Gasteiger partial charge in [0.2, 0.25) is 0 Å². The molecule has 0 amide bonds. The molecule has 0 saturated carbocycles. The summed E-state index contributed by atoms with van der Waals surface area (Å²) in [5.41, 5.74) is 8.35. The lowest BCUT2D eigenvalue weighted by Crippen LogP contribution is -2.43. The zero-order valence-electron chi connectivity index (χ0n) is 10.2. The fraction of sp³-hybridized carbons (Fsp3) is 0.538. The molecule has 0 spiro atoms. The predicted molar refractivity (Wildman–Crippen MR) is 67.3 cm³/mol. The summed E-state index contributed by atoms with van der Waals surface area (Å²) in [7, 11) is 2.14. The minimum atomic E-state index is 0.112. The van der Waals surface area contributed by atoms with E-state index in [-0.39, 0.29) is 5.54 Å². The second kappa shape index (κ2) is 4.67. The van der Waals surface area contributed by atoms with E-state index in [4.69, 9.17) is 5.73 Å². The summed E-state index contributed by atoms with van der Waals surface area (Å²) in [5.74, 6) is 0. The van der Waals surface area contributed by atoms with E-state index in [1.165, 1.54) is 11.3 Å². The van der Waals surface area contributed by atoms with Crippen molar-refractivity contribution in [3.63, 3.8) is 0 Å². The summed E-state index contributed by atoms with van der Waals surface area (Å²) in [6.45, 7) is 7.33. The molecular formula is C13H22N2. The highest BCUT2D eigenvalue weighted by molar-refractivity contribution is 5.54. The first kappa shape index (κ1) is 12.1. The molecule has 1 aromatic carbocycles. The van der Waals surface area contributed by atoms with Crippen molar-refractivity contribution in [2.75, 3.05) is 18.5 Å². The number of nitrogens with zero attached hydrogens (tertiary/aromatic N) is 1. The van der Waals surface area contributed by atoms with Gasteiger partial charge < -0.3 is 10.6 Å². The Hall–Kier alpha value is -1.02. The average Bonchev–Trinajstić information content (AvgIpc) is 2.17. The van der Waals surface area contributed by atoms with Gasteiger partial charge in [-0.2, -0.15) is 0 Å². The van der Waals surface area contributed by atoms with Gasteiger partial charge >= 0.3 is 0 Å². The van der Waals surface area contributed by atoms with E-state index in [1.807, 2.05) is 0 Å². The van der Waals surface area contributed by atoms with Crippen LogP contribution in [0.25, 0.3) is 0 Å². The minimum Gasteiger partial charge on any atom is -0.369 e. The molecule has 1 aromatic rings. The van der Waals surface area contributed by atoms with Gasteiger partial charge in [-0.3, -0.25) is 0 Å². The lowest BCUT2D eigenvalue weighted by molar-refractivity contribution is 0.455. The van der Waals surface area contributed by atoms with Gasteiger partial charge in [0.05, 0.1) is 0 Å². The first-order chi connectivity index (χ1) is 6.99. The molecule has 0 bridgehead atoms. The molecule has 0 unspecified atom stereocenters. The van der Waals surface area contributed by atoms with Crippen molar-refractivity contribution in [3.8, 4) is 0 Å². The number of rotatable bonds is 4. The van der Waals surface area contributed by atoms with E-state index >= 15 is 0 Å². The van der Waals surface area contributed by atoms with E-state index in [1.54, 1.807) is 0 Å². The predicted octanol–water partition coefficient (Wildman–Crippen LogP) is 2.56. The van der Waals surface area contributed by atoms with Crippen molar-refractivity contribution >= 4 is 5.69 Å². The molecule has 2 N–H and O–H groups in total. The number of benzene rings is 1. The molecule has 15 heavy (non-hydrogen) atoms. The fourth-order valence-electron chi connectivity index (χ4n) is 1.79. The first-order valence-corrected chi connectivity index (χ1v) is 5.48. The van der Waals surface area contributed by atoms with Crippen molar-refractivity contribution in [1.29, 1.82) is 0 Å². The molecular weight excluding hydrogens is 184 g/mol. The lowest BCUT2D eigenvalue weighted by atomic mass is 9.97. The summed E-state index contributed by atoms with van der Waals surface area (Å²) >= 11 is 0. The van der Waals surface area contributed by atoms with Gasteiger partial charge in [-0.05, 0) is 45.4 Å². The molecule has 0 aliphatic rings. The summed E-state index contributed by atoms with van der Waals surface area (Å²) in [6, 6.07) is 8.46. The van der Waals surface area contributed by atoms with Crippen LogP contribution in [0.15, 0.2) is 24.3 Å². The van der Waals surface area contributed by atoms with E-state index in [0.29, 0.717) is 0 Å². The van der Waals surface area contributed by atoms with Gasteiger partial charge in [-0.25, -0.2) is 0 Å². The zero-order chi connectivity index (χ0) is 11.5. The van der Waals surface area contributed by atoms with Gasteiger partial charge in [0.15, 0.2) is 0 Å². The molecule has 0 saturated heterocycles. The lowest BCUT2D eigenvalue weighted by Gasteiger charge is -2.38. The standard InChI is InChI=1S/C13H22N2/c1-11-7-5-6-8-12(11)15(4)13(2,3)9-10-14/h5-8H,9-10,14H2,1-4H3. The maximum Gasteiger partial charge on any atom is 0.0397 e. The molecule has 2 heteroatoms. The van der Waals surface area contributed by atoms with Crippen LogP contribution in [0.1, 0.15) is 25.8 Å². The van der Waals surface area contributed by atoms with Crippen LogP contribution in [-0.4, -0.2) is 19.1 Å². The SMILES string of the molecule is Cc1ccccc1N(C)C(C)(C)CCN. The van der Waals surface area contributed by atoms with Crippen LogP contribution in [-0.2, 0) is 0 Å². The number of anilines is 1. The Kier molecular flexibility index (Phi) is 3.75. The summed E-state index contributed by atoms with van der Waals surface area (Å²) in [4.78, 5) is 2.31. The van der Waals surface area contributed by atoms with Crippen molar-refractivity contribution in [2.24, 2.45) is 5.73 Å². The Morgan fingerprint density at radius 1 is 1.27 bits per heavy atom. The van der Waals surface area contributed by atoms with Crippen LogP contribution in [0, 0.1) is 6.92 Å². The van der Waals surface area contributed by atoms with Crippen LogP contribution >= 0.6 is 0 Å². The van der Waals surface area contributed by atoms with Gasteiger partial charge in [0, 0.05) is 18.3 Å². The van der Waals surface area contributed by atoms with Gasteiger partial charge in [0.1, 0.15) is 0 Å². The van der Waals surface area contributed by atoms with Gasteiger partial charge in [-0.15, -0.1) is 0 Å².